The van der Waals surface area contributed by atoms with E-state index >= 15 is 0 Å². The highest BCUT2D eigenvalue weighted by Crippen LogP contribution is 1.88. The highest BCUT2D eigenvalue weighted by Gasteiger charge is 2.19. The zero-order chi connectivity index (χ0) is 11.9. The summed E-state index contributed by atoms with van der Waals surface area (Å²) in [5, 5.41) is 8.76. The van der Waals surface area contributed by atoms with E-state index in [1.165, 1.54) is 7.11 Å². The quantitative estimate of drug-likeness (QED) is 0.505. The summed E-state index contributed by atoms with van der Waals surface area (Å²) in [4.78, 5) is 10.6. The molecule has 0 heterocycles. The van der Waals surface area contributed by atoms with Crippen LogP contribution in [0.1, 0.15) is 0 Å². The molecule has 1 amide bonds. The normalized spacial score (nSPS) is 13.3. The molecular formula is C6H14N2O6S. The second kappa shape index (κ2) is 6.56. The summed E-state index contributed by atoms with van der Waals surface area (Å²) in [5.74, 6) is 0. The van der Waals surface area contributed by atoms with E-state index < -0.39 is 29.0 Å². The largest absolute Gasteiger partial charge is 0.452 e. The molecule has 0 aromatic carbocycles. The van der Waals surface area contributed by atoms with Gasteiger partial charge >= 0.3 is 16.3 Å². The van der Waals surface area contributed by atoms with Crippen LogP contribution in [0.15, 0.2) is 0 Å². The SMILES string of the molecule is COCC(CO)NS(=O)(=O)NC(=O)OC. The van der Waals surface area contributed by atoms with E-state index in [9.17, 15) is 13.2 Å². The van der Waals surface area contributed by atoms with Gasteiger partial charge in [0.25, 0.3) is 0 Å². The monoisotopic (exact) mass is 242 g/mol. The fraction of sp³-hybridized carbons (Fsp3) is 0.833. The molecular weight excluding hydrogens is 228 g/mol. The number of carbonyl (C=O) groups excluding carboxylic acids is 1. The van der Waals surface area contributed by atoms with Crippen molar-refractivity contribution in [3.05, 3.63) is 0 Å². The minimum absolute atomic E-state index is 0.0153. The molecule has 1 unspecified atom stereocenters. The van der Waals surface area contributed by atoms with Crippen molar-refractivity contribution in [3.8, 4) is 0 Å². The lowest BCUT2D eigenvalue weighted by molar-refractivity contribution is 0.138. The van der Waals surface area contributed by atoms with Gasteiger partial charge in [-0.2, -0.15) is 13.1 Å². The van der Waals surface area contributed by atoms with Crippen LogP contribution in [0.25, 0.3) is 0 Å². The van der Waals surface area contributed by atoms with E-state index in [2.05, 4.69) is 9.47 Å². The summed E-state index contributed by atoms with van der Waals surface area (Å²) in [6.07, 6.45) is -1.11. The fourth-order valence-electron chi connectivity index (χ4n) is 0.725. The van der Waals surface area contributed by atoms with Crippen LogP contribution in [0.3, 0.4) is 0 Å². The fourth-order valence-corrected chi connectivity index (χ4v) is 1.67. The first kappa shape index (κ1) is 14.1. The Labute approximate surface area is 87.7 Å². The van der Waals surface area contributed by atoms with Crippen LogP contribution >= 0.6 is 0 Å². The molecule has 3 N–H and O–H groups in total. The van der Waals surface area contributed by atoms with E-state index in [4.69, 9.17) is 5.11 Å². The molecule has 0 aliphatic rings. The van der Waals surface area contributed by atoms with Crippen molar-refractivity contribution in [1.29, 1.82) is 0 Å². The highest BCUT2D eigenvalue weighted by molar-refractivity contribution is 7.88. The van der Waals surface area contributed by atoms with E-state index in [1.807, 2.05) is 4.72 Å². The summed E-state index contributed by atoms with van der Waals surface area (Å²) >= 11 is 0. The van der Waals surface area contributed by atoms with Crippen molar-refractivity contribution < 1.29 is 27.8 Å². The molecule has 1 atom stereocenters. The minimum Gasteiger partial charge on any atom is -0.452 e. The molecule has 0 aliphatic heterocycles. The summed E-state index contributed by atoms with van der Waals surface area (Å²) in [6, 6.07) is -0.822. The maximum absolute atomic E-state index is 11.2. The Bertz CT molecular complexity index is 290. The van der Waals surface area contributed by atoms with Gasteiger partial charge < -0.3 is 14.6 Å². The Balaban J connectivity index is 4.28. The first-order valence-corrected chi connectivity index (χ1v) is 5.41. The minimum atomic E-state index is -4.04. The molecule has 0 rings (SSSR count). The van der Waals surface area contributed by atoms with Crippen LogP contribution in [0.5, 0.6) is 0 Å². The lowest BCUT2D eigenvalue weighted by atomic mass is 10.4. The number of nitrogens with one attached hydrogen (secondary N) is 2. The van der Waals surface area contributed by atoms with Crippen molar-refractivity contribution >= 4 is 16.3 Å². The number of ether oxygens (including phenoxy) is 2. The topological polar surface area (TPSA) is 114 Å². The van der Waals surface area contributed by atoms with Crippen molar-refractivity contribution in [2.24, 2.45) is 0 Å². The smallest absolute Gasteiger partial charge is 0.421 e. The predicted molar refractivity (Wildman–Crippen MR) is 50.3 cm³/mol. The number of hydrogen-bond acceptors (Lipinski definition) is 6. The number of aliphatic hydroxyl groups excluding tert-OH is 1. The standard InChI is InChI=1S/C6H14N2O6S/c1-13-4-5(3-9)7-15(11,12)8-6(10)14-2/h5,7,9H,3-4H2,1-2H3,(H,8,10). The van der Waals surface area contributed by atoms with E-state index in [-0.39, 0.29) is 6.61 Å². The summed E-state index contributed by atoms with van der Waals surface area (Å²) in [5.41, 5.74) is 0. The molecule has 0 fully saturated rings. The Hall–Kier alpha value is -0.900. The van der Waals surface area contributed by atoms with Gasteiger partial charge in [-0.3, -0.25) is 0 Å². The Morgan fingerprint density at radius 3 is 2.47 bits per heavy atom. The van der Waals surface area contributed by atoms with Gasteiger partial charge in [0.2, 0.25) is 0 Å². The average Bonchev–Trinajstić information content (AvgIpc) is 2.15. The zero-order valence-electron chi connectivity index (χ0n) is 8.39. The van der Waals surface area contributed by atoms with Crippen LogP contribution < -0.4 is 9.44 Å². The van der Waals surface area contributed by atoms with Gasteiger partial charge in [0, 0.05) is 7.11 Å². The molecule has 90 valence electrons. The molecule has 8 nitrogen and oxygen atoms in total. The number of hydrogen-bond donors (Lipinski definition) is 3. The molecule has 9 heteroatoms. The van der Waals surface area contributed by atoms with Crippen LogP contribution in [0.2, 0.25) is 0 Å². The van der Waals surface area contributed by atoms with Crippen molar-refractivity contribution in [3.63, 3.8) is 0 Å². The molecule has 0 bridgehead atoms. The lowest BCUT2D eigenvalue weighted by Crippen LogP contribution is -2.48. The lowest BCUT2D eigenvalue weighted by Gasteiger charge is -2.15. The third-order valence-corrected chi connectivity index (χ3v) is 2.39. The molecule has 0 saturated heterocycles. The first-order valence-electron chi connectivity index (χ1n) is 3.93. The highest BCUT2D eigenvalue weighted by atomic mass is 32.2. The van der Waals surface area contributed by atoms with Gasteiger partial charge in [0.15, 0.2) is 0 Å². The summed E-state index contributed by atoms with van der Waals surface area (Å²) < 4.78 is 34.6. The molecule has 0 saturated carbocycles. The van der Waals surface area contributed by atoms with Crippen molar-refractivity contribution in [2.45, 2.75) is 6.04 Å². The molecule has 0 radical (unpaired) electrons. The van der Waals surface area contributed by atoms with Gasteiger partial charge in [-0.05, 0) is 0 Å². The average molecular weight is 242 g/mol. The van der Waals surface area contributed by atoms with Crippen LogP contribution in [0, 0.1) is 0 Å². The maximum Gasteiger partial charge on any atom is 0.421 e. The predicted octanol–water partition coefficient (Wildman–Crippen LogP) is -1.82. The first-order chi connectivity index (χ1) is 6.95. The van der Waals surface area contributed by atoms with Crippen LogP contribution in [-0.2, 0) is 19.7 Å². The molecule has 0 aromatic heterocycles. The van der Waals surface area contributed by atoms with E-state index in [0.717, 1.165) is 7.11 Å². The summed E-state index contributed by atoms with van der Waals surface area (Å²) in [6.45, 7) is -0.464. The van der Waals surface area contributed by atoms with E-state index in [0.29, 0.717) is 0 Å². The third kappa shape index (κ3) is 6.23. The van der Waals surface area contributed by atoms with E-state index in [1.54, 1.807) is 4.72 Å². The Morgan fingerprint density at radius 2 is 2.07 bits per heavy atom. The van der Waals surface area contributed by atoms with Gasteiger partial charge in [-0.1, -0.05) is 0 Å². The second-order valence-electron chi connectivity index (χ2n) is 2.55. The Morgan fingerprint density at radius 1 is 1.47 bits per heavy atom. The van der Waals surface area contributed by atoms with Crippen LogP contribution in [0.4, 0.5) is 4.79 Å². The van der Waals surface area contributed by atoms with Gasteiger partial charge in [-0.15, -0.1) is 0 Å². The number of amides is 1. The Kier molecular flexibility index (Phi) is 6.17. The molecule has 0 aromatic rings. The van der Waals surface area contributed by atoms with Gasteiger partial charge in [0.1, 0.15) is 0 Å². The van der Waals surface area contributed by atoms with Crippen LogP contribution in [-0.4, -0.2) is 53.1 Å². The van der Waals surface area contributed by atoms with Gasteiger partial charge in [0.05, 0.1) is 26.4 Å². The number of rotatable bonds is 6. The summed E-state index contributed by atoms with van der Waals surface area (Å²) in [7, 11) is -1.66. The molecule has 0 aliphatic carbocycles. The number of aliphatic hydroxyl groups is 1. The zero-order valence-corrected chi connectivity index (χ0v) is 9.20. The van der Waals surface area contributed by atoms with Gasteiger partial charge in [-0.25, -0.2) is 9.52 Å². The van der Waals surface area contributed by atoms with Crippen molar-refractivity contribution in [2.75, 3.05) is 27.4 Å². The molecule has 15 heavy (non-hydrogen) atoms. The molecule has 0 spiro atoms. The maximum atomic E-state index is 11.2. The third-order valence-electron chi connectivity index (χ3n) is 1.31. The van der Waals surface area contributed by atoms with Crippen molar-refractivity contribution in [1.82, 2.24) is 9.44 Å². The second-order valence-corrected chi connectivity index (χ2v) is 4.00. The number of methoxy groups -OCH3 is 2. The number of carbonyl (C=O) groups is 1.